The van der Waals surface area contributed by atoms with E-state index < -0.39 is 4.92 Å². The Balaban J connectivity index is 3.08. The highest BCUT2D eigenvalue weighted by atomic mass is 35.5. The van der Waals surface area contributed by atoms with Crippen LogP contribution in [0.4, 0.5) is 0 Å². The van der Waals surface area contributed by atoms with Crippen molar-refractivity contribution in [3.8, 4) is 0 Å². The molecule has 0 radical (unpaired) electrons. The minimum absolute atomic E-state index is 0.0448. The lowest BCUT2D eigenvalue weighted by Crippen LogP contribution is -1.92. The summed E-state index contributed by atoms with van der Waals surface area (Å²) in [5, 5.41) is 11.3. The molecule has 1 rings (SSSR count). The summed E-state index contributed by atoms with van der Waals surface area (Å²) >= 11 is 11.5. The summed E-state index contributed by atoms with van der Waals surface area (Å²) in [6.07, 6.45) is 1.41. The number of rotatable bonds is 2. The van der Waals surface area contributed by atoms with Gasteiger partial charge in [0.15, 0.2) is 0 Å². The molecule has 0 saturated heterocycles. The van der Waals surface area contributed by atoms with Crippen molar-refractivity contribution in [2.45, 2.75) is 6.92 Å². The average Bonchev–Trinajstić information content (AvgIpc) is 2.01. The summed E-state index contributed by atoms with van der Waals surface area (Å²) in [6, 6.07) is 4.79. The number of allylic oxidation sites excluding steroid dienone is 1. The fraction of sp³-hybridized carbons (Fsp3) is 0.111. The predicted octanol–water partition coefficient (Wildman–Crippen LogP) is 3.63. The molecule has 5 heteroatoms. The quantitative estimate of drug-likeness (QED) is 0.577. The molecule has 14 heavy (non-hydrogen) atoms. The standard InChI is InChI=1S/C9H7Cl2NO2/c1-6(12(13)14)2-7-3-8(10)5-9(11)4-7/h2-5H,1H3. The molecular formula is C9H7Cl2NO2. The van der Waals surface area contributed by atoms with Gasteiger partial charge in [-0.25, -0.2) is 0 Å². The Morgan fingerprint density at radius 2 is 1.86 bits per heavy atom. The van der Waals surface area contributed by atoms with Gasteiger partial charge in [-0.1, -0.05) is 23.2 Å². The Kier molecular flexibility index (Phi) is 3.49. The van der Waals surface area contributed by atoms with Crippen LogP contribution in [0.25, 0.3) is 6.08 Å². The topological polar surface area (TPSA) is 43.1 Å². The number of hydrogen-bond acceptors (Lipinski definition) is 2. The zero-order valence-corrected chi connectivity index (χ0v) is 8.84. The van der Waals surface area contributed by atoms with Crippen LogP contribution >= 0.6 is 23.2 Å². The molecule has 74 valence electrons. The van der Waals surface area contributed by atoms with Gasteiger partial charge in [0.1, 0.15) is 0 Å². The molecule has 3 nitrogen and oxygen atoms in total. The van der Waals surface area contributed by atoms with E-state index in [2.05, 4.69) is 0 Å². The van der Waals surface area contributed by atoms with Crippen molar-refractivity contribution in [1.82, 2.24) is 0 Å². The molecule has 0 bridgehead atoms. The number of nitro groups is 1. The summed E-state index contributed by atoms with van der Waals surface area (Å²) in [6.45, 7) is 1.41. The van der Waals surface area contributed by atoms with Crippen molar-refractivity contribution in [2.75, 3.05) is 0 Å². The molecule has 0 atom stereocenters. The van der Waals surface area contributed by atoms with E-state index in [0.29, 0.717) is 15.6 Å². The molecule has 0 aromatic heterocycles. The first-order chi connectivity index (χ1) is 6.49. The van der Waals surface area contributed by atoms with E-state index in [1.54, 1.807) is 18.2 Å². The number of benzene rings is 1. The fourth-order valence-electron chi connectivity index (χ4n) is 0.952. The van der Waals surface area contributed by atoms with Gasteiger partial charge < -0.3 is 0 Å². The molecule has 0 N–H and O–H groups in total. The monoisotopic (exact) mass is 231 g/mol. The van der Waals surface area contributed by atoms with Crippen molar-refractivity contribution in [2.24, 2.45) is 0 Å². The first-order valence-corrected chi connectivity index (χ1v) is 4.53. The molecule has 0 unspecified atom stereocenters. The molecule has 0 fully saturated rings. The lowest BCUT2D eigenvalue weighted by Gasteiger charge is -1.96. The van der Waals surface area contributed by atoms with Crippen LogP contribution in [0.1, 0.15) is 12.5 Å². The van der Waals surface area contributed by atoms with Crippen molar-refractivity contribution < 1.29 is 4.92 Å². The number of halogens is 2. The van der Waals surface area contributed by atoms with E-state index in [4.69, 9.17) is 23.2 Å². The summed E-state index contributed by atoms with van der Waals surface area (Å²) in [5.74, 6) is 0. The third-order valence-corrected chi connectivity index (χ3v) is 1.98. The molecule has 0 saturated carbocycles. The van der Waals surface area contributed by atoms with Gasteiger partial charge >= 0.3 is 0 Å². The first-order valence-electron chi connectivity index (χ1n) is 3.78. The Labute approximate surface area is 91.1 Å². The second-order valence-electron chi connectivity index (χ2n) is 2.75. The van der Waals surface area contributed by atoms with Gasteiger partial charge in [0.05, 0.1) is 4.92 Å². The average molecular weight is 232 g/mol. The van der Waals surface area contributed by atoms with Crippen LogP contribution in [0.3, 0.4) is 0 Å². The van der Waals surface area contributed by atoms with Crippen LogP contribution in [-0.2, 0) is 0 Å². The van der Waals surface area contributed by atoms with E-state index >= 15 is 0 Å². The summed E-state index contributed by atoms with van der Waals surface area (Å²) in [5.41, 5.74) is 0.667. The third kappa shape index (κ3) is 3.01. The Hall–Kier alpha value is -1.06. The minimum Gasteiger partial charge on any atom is -0.259 e. The largest absolute Gasteiger partial charge is 0.259 e. The molecule has 0 heterocycles. The SMILES string of the molecule is CC(=Cc1cc(Cl)cc(Cl)c1)[N+](=O)[O-]. The zero-order chi connectivity index (χ0) is 10.7. The fourth-order valence-corrected chi connectivity index (χ4v) is 1.50. The van der Waals surface area contributed by atoms with Crippen LogP contribution in [0.15, 0.2) is 23.9 Å². The van der Waals surface area contributed by atoms with Crippen molar-refractivity contribution in [3.63, 3.8) is 0 Å². The first kappa shape index (κ1) is 11.0. The Bertz CT molecular complexity index is 382. The van der Waals surface area contributed by atoms with Crippen LogP contribution < -0.4 is 0 Å². The Morgan fingerprint density at radius 3 is 2.29 bits per heavy atom. The lowest BCUT2D eigenvalue weighted by molar-refractivity contribution is -0.422. The normalized spacial score (nSPS) is 11.5. The van der Waals surface area contributed by atoms with Crippen LogP contribution in [0.2, 0.25) is 10.0 Å². The van der Waals surface area contributed by atoms with Crippen molar-refractivity contribution >= 4 is 29.3 Å². The molecule has 0 aliphatic heterocycles. The smallest absolute Gasteiger partial charge is 0.243 e. The lowest BCUT2D eigenvalue weighted by atomic mass is 10.2. The summed E-state index contributed by atoms with van der Waals surface area (Å²) < 4.78 is 0. The van der Waals surface area contributed by atoms with E-state index in [-0.39, 0.29) is 5.70 Å². The highest BCUT2D eigenvalue weighted by Crippen LogP contribution is 2.20. The molecule has 0 aliphatic carbocycles. The third-order valence-electron chi connectivity index (χ3n) is 1.55. The molecular weight excluding hydrogens is 225 g/mol. The maximum Gasteiger partial charge on any atom is 0.243 e. The summed E-state index contributed by atoms with van der Waals surface area (Å²) in [4.78, 5) is 9.88. The molecule has 1 aromatic carbocycles. The van der Waals surface area contributed by atoms with Crippen LogP contribution in [0, 0.1) is 10.1 Å². The second-order valence-corrected chi connectivity index (χ2v) is 3.62. The van der Waals surface area contributed by atoms with E-state index in [1.807, 2.05) is 0 Å². The van der Waals surface area contributed by atoms with Gasteiger partial charge in [-0.3, -0.25) is 10.1 Å². The summed E-state index contributed by atoms with van der Waals surface area (Å²) in [7, 11) is 0. The molecule has 0 aliphatic rings. The van der Waals surface area contributed by atoms with Gasteiger partial charge in [0, 0.05) is 23.0 Å². The van der Waals surface area contributed by atoms with Gasteiger partial charge in [-0.2, -0.15) is 0 Å². The maximum absolute atomic E-state index is 10.3. The molecule has 0 amide bonds. The van der Waals surface area contributed by atoms with Crippen LogP contribution in [0.5, 0.6) is 0 Å². The van der Waals surface area contributed by atoms with E-state index in [0.717, 1.165) is 0 Å². The highest BCUT2D eigenvalue weighted by molar-refractivity contribution is 6.34. The van der Waals surface area contributed by atoms with Gasteiger partial charge in [-0.05, 0) is 23.8 Å². The molecule has 1 aromatic rings. The highest BCUT2D eigenvalue weighted by Gasteiger charge is 2.03. The number of hydrogen-bond donors (Lipinski definition) is 0. The second kappa shape index (κ2) is 4.44. The minimum atomic E-state index is -0.463. The van der Waals surface area contributed by atoms with Gasteiger partial charge in [0.2, 0.25) is 5.70 Å². The predicted molar refractivity (Wildman–Crippen MR) is 57.1 cm³/mol. The molecule has 0 spiro atoms. The van der Waals surface area contributed by atoms with E-state index in [9.17, 15) is 10.1 Å². The van der Waals surface area contributed by atoms with E-state index in [1.165, 1.54) is 13.0 Å². The van der Waals surface area contributed by atoms with Gasteiger partial charge in [0.25, 0.3) is 0 Å². The van der Waals surface area contributed by atoms with Gasteiger partial charge in [-0.15, -0.1) is 0 Å². The Morgan fingerprint density at radius 1 is 1.36 bits per heavy atom. The maximum atomic E-state index is 10.3. The van der Waals surface area contributed by atoms with Crippen LogP contribution in [-0.4, -0.2) is 4.92 Å². The zero-order valence-electron chi connectivity index (χ0n) is 7.33. The van der Waals surface area contributed by atoms with Crippen molar-refractivity contribution in [3.05, 3.63) is 49.6 Å². The number of nitrogens with zero attached hydrogens (tertiary/aromatic N) is 1. The van der Waals surface area contributed by atoms with Crippen molar-refractivity contribution in [1.29, 1.82) is 0 Å².